The van der Waals surface area contributed by atoms with Crippen LogP contribution in [0, 0.1) is 17.6 Å². The molecule has 0 amide bonds. The molecule has 0 heterocycles. The first-order valence-corrected chi connectivity index (χ1v) is 7.26. The molecule has 0 unspecified atom stereocenters. The molecular weight excluding hydrogens is 254 g/mol. The van der Waals surface area contributed by atoms with Crippen molar-refractivity contribution >= 4 is 17.5 Å². The SMILES string of the molecule is O=C(CSc1ccc(F)c(F)c1)C1CCCCC1. The largest absolute Gasteiger partial charge is 0.298 e. The lowest BCUT2D eigenvalue weighted by atomic mass is 9.87. The van der Waals surface area contributed by atoms with Crippen molar-refractivity contribution in [3.05, 3.63) is 29.8 Å². The summed E-state index contributed by atoms with van der Waals surface area (Å²) in [6.07, 6.45) is 5.45. The maximum atomic E-state index is 13.0. The molecule has 0 bridgehead atoms. The fourth-order valence-electron chi connectivity index (χ4n) is 2.26. The Kier molecular flexibility index (Phi) is 4.75. The molecule has 1 fully saturated rings. The number of Topliss-reactive ketones (excluding diaryl/α,β-unsaturated/α-hetero) is 1. The number of thioether (sulfide) groups is 1. The van der Waals surface area contributed by atoms with Crippen LogP contribution in [-0.2, 0) is 4.79 Å². The van der Waals surface area contributed by atoms with E-state index in [1.807, 2.05) is 0 Å². The maximum absolute atomic E-state index is 13.0. The molecule has 1 saturated carbocycles. The number of hydrogen-bond acceptors (Lipinski definition) is 2. The van der Waals surface area contributed by atoms with E-state index in [1.54, 1.807) is 0 Å². The van der Waals surface area contributed by atoms with Crippen molar-refractivity contribution in [2.45, 2.75) is 37.0 Å². The number of carbonyl (C=O) groups excluding carboxylic acids is 1. The topological polar surface area (TPSA) is 17.1 Å². The van der Waals surface area contributed by atoms with E-state index in [-0.39, 0.29) is 11.7 Å². The Morgan fingerprint density at radius 2 is 1.89 bits per heavy atom. The van der Waals surface area contributed by atoms with Gasteiger partial charge in [0.2, 0.25) is 0 Å². The molecule has 0 radical (unpaired) electrons. The van der Waals surface area contributed by atoms with Crippen LogP contribution in [0.25, 0.3) is 0 Å². The van der Waals surface area contributed by atoms with Crippen LogP contribution in [0.2, 0.25) is 0 Å². The zero-order valence-electron chi connectivity index (χ0n) is 10.1. The fraction of sp³-hybridized carbons (Fsp3) is 0.500. The number of hydrogen-bond donors (Lipinski definition) is 0. The highest BCUT2D eigenvalue weighted by Gasteiger charge is 2.20. The lowest BCUT2D eigenvalue weighted by Gasteiger charge is -2.19. The van der Waals surface area contributed by atoms with Gasteiger partial charge in [-0.2, -0.15) is 0 Å². The predicted molar refractivity (Wildman–Crippen MR) is 68.7 cm³/mol. The zero-order chi connectivity index (χ0) is 13.0. The van der Waals surface area contributed by atoms with Crippen molar-refractivity contribution in [3.8, 4) is 0 Å². The van der Waals surface area contributed by atoms with Crippen LogP contribution in [-0.4, -0.2) is 11.5 Å². The first-order valence-electron chi connectivity index (χ1n) is 6.27. The summed E-state index contributed by atoms with van der Waals surface area (Å²) in [5, 5.41) is 0. The highest BCUT2D eigenvalue weighted by atomic mass is 32.2. The average molecular weight is 270 g/mol. The number of carbonyl (C=O) groups is 1. The molecule has 1 aromatic rings. The molecule has 0 N–H and O–H groups in total. The molecular formula is C14H16F2OS. The van der Waals surface area contributed by atoms with Crippen molar-refractivity contribution in [2.75, 3.05) is 5.75 Å². The van der Waals surface area contributed by atoms with Crippen LogP contribution in [0.4, 0.5) is 8.78 Å². The average Bonchev–Trinajstić information content (AvgIpc) is 2.41. The lowest BCUT2D eigenvalue weighted by molar-refractivity contribution is -0.121. The fourth-order valence-corrected chi connectivity index (χ4v) is 3.16. The molecule has 2 rings (SSSR count). The van der Waals surface area contributed by atoms with Gasteiger partial charge in [-0.15, -0.1) is 11.8 Å². The summed E-state index contributed by atoms with van der Waals surface area (Å²) in [5.41, 5.74) is 0. The van der Waals surface area contributed by atoms with Gasteiger partial charge < -0.3 is 0 Å². The van der Waals surface area contributed by atoms with Gasteiger partial charge in [0.25, 0.3) is 0 Å². The van der Waals surface area contributed by atoms with Gasteiger partial charge >= 0.3 is 0 Å². The summed E-state index contributed by atoms with van der Waals surface area (Å²) >= 11 is 1.29. The Morgan fingerprint density at radius 1 is 1.17 bits per heavy atom. The molecule has 18 heavy (non-hydrogen) atoms. The smallest absolute Gasteiger partial charge is 0.159 e. The molecule has 0 saturated heterocycles. The highest BCUT2D eigenvalue weighted by Crippen LogP contribution is 2.27. The molecule has 0 spiro atoms. The van der Waals surface area contributed by atoms with Crippen LogP contribution >= 0.6 is 11.8 Å². The van der Waals surface area contributed by atoms with Crippen LogP contribution in [0.3, 0.4) is 0 Å². The summed E-state index contributed by atoms with van der Waals surface area (Å²) in [5.74, 6) is -0.931. The Morgan fingerprint density at radius 3 is 2.56 bits per heavy atom. The second-order valence-corrected chi connectivity index (χ2v) is 5.71. The Labute approximate surface area is 110 Å². The second-order valence-electron chi connectivity index (χ2n) is 4.67. The molecule has 1 nitrogen and oxygen atoms in total. The molecule has 1 aliphatic rings. The van der Waals surface area contributed by atoms with E-state index >= 15 is 0 Å². The van der Waals surface area contributed by atoms with Gasteiger partial charge in [0.1, 0.15) is 5.78 Å². The van der Waals surface area contributed by atoms with E-state index in [9.17, 15) is 13.6 Å². The summed E-state index contributed by atoms with van der Waals surface area (Å²) in [7, 11) is 0. The minimum absolute atomic E-state index is 0.177. The molecule has 1 aromatic carbocycles. The standard InChI is InChI=1S/C14H16F2OS/c15-12-7-6-11(8-13(12)16)18-9-14(17)10-4-2-1-3-5-10/h6-8,10H,1-5,9H2. The Balaban J connectivity index is 1.86. The van der Waals surface area contributed by atoms with Crippen molar-refractivity contribution < 1.29 is 13.6 Å². The summed E-state index contributed by atoms with van der Waals surface area (Å²) in [6.45, 7) is 0. The monoisotopic (exact) mass is 270 g/mol. The maximum Gasteiger partial charge on any atom is 0.159 e. The van der Waals surface area contributed by atoms with Gasteiger partial charge in [-0.25, -0.2) is 8.78 Å². The zero-order valence-corrected chi connectivity index (χ0v) is 10.9. The van der Waals surface area contributed by atoms with Gasteiger partial charge in [-0.1, -0.05) is 19.3 Å². The predicted octanol–water partition coefficient (Wildman–Crippen LogP) is 4.21. The third-order valence-corrected chi connectivity index (χ3v) is 4.35. The van der Waals surface area contributed by atoms with Crippen LogP contribution in [0.1, 0.15) is 32.1 Å². The van der Waals surface area contributed by atoms with Gasteiger partial charge in [0, 0.05) is 10.8 Å². The molecule has 1 aliphatic carbocycles. The first-order chi connectivity index (χ1) is 8.66. The summed E-state index contributed by atoms with van der Waals surface area (Å²) < 4.78 is 25.7. The number of halogens is 2. The summed E-state index contributed by atoms with van der Waals surface area (Å²) in [6, 6.07) is 3.76. The Hall–Kier alpha value is -0.900. The van der Waals surface area contributed by atoms with Gasteiger partial charge in [0.15, 0.2) is 11.6 Å². The highest BCUT2D eigenvalue weighted by molar-refractivity contribution is 8.00. The third-order valence-electron chi connectivity index (χ3n) is 3.33. The summed E-state index contributed by atoms with van der Waals surface area (Å²) in [4.78, 5) is 12.5. The molecule has 4 heteroatoms. The van der Waals surface area contributed by atoms with Gasteiger partial charge in [-0.05, 0) is 31.0 Å². The third kappa shape index (κ3) is 3.55. The van der Waals surface area contributed by atoms with Crippen LogP contribution in [0.15, 0.2) is 23.1 Å². The van der Waals surface area contributed by atoms with Crippen LogP contribution in [0.5, 0.6) is 0 Å². The molecule has 0 aliphatic heterocycles. The molecule has 0 aromatic heterocycles. The van der Waals surface area contributed by atoms with E-state index in [0.717, 1.165) is 37.8 Å². The van der Waals surface area contributed by atoms with E-state index in [0.29, 0.717) is 10.6 Å². The number of benzene rings is 1. The first kappa shape index (κ1) is 13.5. The van der Waals surface area contributed by atoms with Crippen LogP contribution < -0.4 is 0 Å². The van der Waals surface area contributed by atoms with E-state index in [1.165, 1.54) is 24.2 Å². The van der Waals surface area contributed by atoms with E-state index in [4.69, 9.17) is 0 Å². The lowest BCUT2D eigenvalue weighted by Crippen LogP contribution is -2.19. The van der Waals surface area contributed by atoms with Crippen molar-refractivity contribution in [2.24, 2.45) is 5.92 Å². The quantitative estimate of drug-likeness (QED) is 0.762. The number of rotatable bonds is 4. The van der Waals surface area contributed by atoms with Crippen molar-refractivity contribution in [1.82, 2.24) is 0 Å². The minimum atomic E-state index is -0.856. The van der Waals surface area contributed by atoms with Crippen molar-refractivity contribution in [3.63, 3.8) is 0 Å². The Bertz CT molecular complexity index is 428. The van der Waals surface area contributed by atoms with Gasteiger partial charge in [0.05, 0.1) is 5.75 Å². The van der Waals surface area contributed by atoms with E-state index in [2.05, 4.69) is 0 Å². The number of ketones is 1. The minimum Gasteiger partial charge on any atom is -0.298 e. The molecule has 0 atom stereocenters. The van der Waals surface area contributed by atoms with E-state index < -0.39 is 11.6 Å². The normalized spacial score (nSPS) is 16.8. The second kappa shape index (κ2) is 6.32. The van der Waals surface area contributed by atoms with Gasteiger partial charge in [-0.3, -0.25) is 4.79 Å². The van der Waals surface area contributed by atoms with Crippen molar-refractivity contribution in [1.29, 1.82) is 0 Å². The molecule has 98 valence electrons.